The number of rotatable bonds is 6. The Morgan fingerprint density at radius 3 is 1.93 bits per heavy atom. The van der Waals surface area contributed by atoms with Gasteiger partial charge >= 0.3 is 0 Å². The molecule has 0 aromatic rings. The molecule has 0 unspecified atom stereocenters. The summed E-state index contributed by atoms with van der Waals surface area (Å²) in [4.78, 5) is 27.2. The van der Waals surface area contributed by atoms with E-state index in [0.29, 0.717) is 6.54 Å². The highest BCUT2D eigenvalue weighted by Gasteiger charge is 2.12. The van der Waals surface area contributed by atoms with E-state index in [1.54, 1.807) is 6.08 Å². The largest absolute Gasteiger partial charge is 0.282 e. The van der Waals surface area contributed by atoms with E-state index >= 15 is 0 Å². The second kappa shape index (κ2) is 7.61. The van der Waals surface area contributed by atoms with Gasteiger partial charge in [0, 0.05) is 30.1 Å². The SMILES string of the molecule is C=CCN(CC(=O)NCl)CC(=O)NCl. The summed E-state index contributed by atoms with van der Waals surface area (Å²) < 4.78 is 0. The molecular formula is C7H11Cl2N3O2. The molecule has 0 aliphatic carbocycles. The van der Waals surface area contributed by atoms with Crippen molar-refractivity contribution in [3.63, 3.8) is 0 Å². The van der Waals surface area contributed by atoms with Crippen molar-refractivity contribution in [2.75, 3.05) is 19.6 Å². The fraction of sp³-hybridized carbons (Fsp3) is 0.429. The topological polar surface area (TPSA) is 61.4 Å². The van der Waals surface area contributed by atoms with Crippen molar-refractivity contribution in [2.24, 2.45) is 0 Å². The second-order valence-corrected chi connectivity index (χ2v) is 2.87. The number of halogens is 2. The Balaban J connectivity index is 4.07. The van der Waals surface area contributed by atoms with Crippen molar-refractivity contribution in [3.05, 3.63) is 12.7 Å². The van der Waals surface area contributed by atoms with Gasteiger partial charge in [0.05, 0.1) is 13.1 Å². The normalized spacial score (nSPS) is 9.64. The maximum atomic E-state index is 10.9. The Morgan fingerprint density at radius 1 is 1.21 bits per heavy atom. The number of carbonyl (C=O) groups is 2. The summed E-state index contributed by atoms with van der Waals surface area (Å²) in [7, 11) is 0. The van der Waals surface area contributed by atoms with Crippen LogP contribution in [-0.4, -0.2) is 36.3 Å². The van der Waals surface area contributed by atoms with E-state index in [4.69, 9.17) is 23.6 Å². The van der Waals surface area contributed by atoms with Gasteiger partial charge < -0.3 is 0 Å². The molecule has 0 aliphatic heterocycles. The van der Waals surface area contributed by atoms with Crippen molar-refractivity contribution in [1.29, 1.82) is 0 Å². The molecule has 2 amide bonds. The van der Waals surface area contributed by atoms with Gasteiger partial charge in [-0.05, 0) is 0 Å². The fourth-order valence-corrected chi connectivity index (χ4v) is 0.953. The molecule has 0 bridgehead atoms. The summed E-state index contributed by atoms with van der Waals surface area (Å²) in [5, 5.41) is 0. The van der Waals surface area contributed by atoms with Crippen LogP contribution in [0.2, 0.25) is 0 Å². The van der Waals surface area contributed by atoms with Crippen molar-refractivity contribution in [1.82, 2.24) is 14.6 Å². The molecule has 5 nitrogen and oxygen atoms in total. The number of hydrogen-bond donors (Lipinski definition) is 2. The van der Waals surface area contributed by atoms with Crippen LogP contribution in [0.15, 0.2) is 12.7 Å². The van der Waals surface area contributed by atoms with E-state index in [1.807, 2.05) is 9.67 Å². The quantitative estimate of drug-likeness (QED) is 0.508. The lowest BCUT2D eigenvalue weighted by molar-refractivity contribution is -0.123. The Kier molecular flexibility index (Phi) is 7.18. The van der Waals surface area contributed by atoms with Gasteiger partial charge in [-0.15, -0.1) is 6.58 Å². The minimum Gasteiger partial charge on any atom is -0.282 e. The number of nitrogens with zero attached hydrogens (tertiary/aromatic N) is 1. The molecule has 0 fully saturated rings. The summed E-state index contributed by atoms with van der Waals surface area (Å²) in [5.41, 5.74) is 0. The fourth-order valence-electron chi connectivity index (χ4n) is 0.834. The predicted molar refractivity (Wildman–Crippen MR) is 54.6 cm³/mol. The minimum absolute atomic E-state index is 0.0137. The van der Waals surface area contributed by atoms with E-state index in [9.17, 15) is 9.59 Å². The number of nitrogens with one attached hydrogen (secondary N) is 2. The van der Waals surface area contributed by atoms with Gasteiger partial charge in [0.25, 0.3) is 0 Å². The van der Waals surface area contributed by atoms with E-state index in [2.05, 4.69) is 6.58 Å². The van der Waals surface area contributed by atoms with Gasteiger partial charge in [0.2, 0.25) is 11.8 Å². The first-order valence-corrected chi connectivity index (χ1v) is 4.51. The van der Waals surface area contributed by atoms with Crippen LogP contribution in [-0.2, 0) is 9.59 Å². The average molecular weight is 240 g/mol. The van der Waals surface area contributed by atoms with Crippen molar-refractivity contribution < 1.29 is 9.59 Å². The monoisotopic (exact) mass is 239 g/mol. The molecule has 0 aromatic carbocycles. The van der Waals surface area contributed by atoms with Gasteiger partial charge in [-0.1, -0.05) is 6.08 Å². The molecule has 0 radical (unpaired) electrons. The highest BCUT2D eigenvalue weighted by atomic mass is 35.5. The first-order chi connectivity index (χ1) is 6.63. The molecular weight excluding hydrogens is 229 g/mol. The van der Waals surface area contributed by atoms with Crippen LogP contribution in [0.25, 0.3) is 0 Å². The maximum Gasteiger partial charge on any atom is 0.248 e. The van der Waals surface area contributed by atoms with Crippen molar-refractivity contribution >= 4 is 35.4 Å². The predicted octanol–water partition coefficient (Wildman–Crippen LogP) is 0.0144. The zero-order valence-corrected chi connectivity index (χ0v) is 8.94. The summed E-state index contributed by atoms with van der Waals surface area (Å²) in [6.45, 7) is 3.92. The minimum atomic E-state index is -0.393. The van der Waals surface area contributed by atoms with Crippen LogP contribution in [0, 0.1) is 0 Å². The highest BCUT2D eigenvalue weighted by Crippen LogP contribution is 1.89. The Bertz CT molecular complexity index is 205. The van der Waals surface area contributed by atoms with Gasteiger partial charge in [0.1, 0.15) is 0 Å². The van der Waals surface area contributed by atoms with E-state index in [0.717, 1.165) is 0 Å². The van der Waals surface area contributed by atoms with E-state index < -0.39 is 11.8 Å². The third kappa shape index (κ3) is 5.80. The molecule has 0 spiro atoms. The summed E-state index contributed by atoms with van der Waals surface area (Å²) in [6.07, 6.45) is 1.57. The third-order valence-electron chi connectivity index (χ3n) is 1.33. The van der Waals surface area contributed by atoms with E-state index in [1.165, 1.54) is 4.90 Å². The smallest absolute Gasteiger partial charge is 0.248 e. The molecule has 0 atom stereocenters. The van der Waals surface area contributed by atoms with Crippen LogP contribution in [0.4, 0.5) is 0 Å². The Hall–Kier alpha value is -0.780. The lowest BCUT2D eigenvalue weighted by Crippen LogP contribution is -2.39. The molecule has 2 N–H and O–H groups in total. The molecule has 0 heterocycles. The molecule has 0 saturated heterocycles. The highest BCUT2D eigenvalue weighted by molar-refractivity contribution is 6.22. The Labute approximate surface area is 92.3 Å². The summed E-state index contributed by atoms with van der Waals surface area (Å²) >= 11 is 10.2. The van der Waals surface area contributed by atoms with Crippen LogP contribution in [0.1, 0.15) is 0 Å². The number of carbonyl (C=O) groups excluding carboxylic acids is 2. The standard InChI is InChI=1S/C7H11Cl2N3O2/c1-2-3-12(4-6(13)10-8)5-7(14)11-9/h2H,1,3-5H2,(H,10,13)(H,11,14). The van der Waals surface area contributed by atoms with Crippen LogP contribution < -0.4 is 9.67 Å². The maximum absolute atomic E-state index is 10.9. The molecule has 80 valence electrons. The van der Waals surface area contributed by atoms with Crippen molar-refractivity contribution in [3.8, 4) is 0 Å². The first kappa shape index (κ1) is 13.2. The number of amides is 2. The molecule has 0 aliphatic rings. The molecule has 7 heteroatoms. The molecule has 0 saturated carbocycles. The Morgan fingerprint density at radius 2 is 1.64 bits per heavy atom. The molecule has 0 rings (SSSR count). The lowest BCUT2D eigenvalue weighted by Gasteiger charge is -2.17. The molecule has 0 aromatic heterocycles. The van der Waals surface area contributed by atoms with Gasteiger partial charge in [-0.2, -0.15) is 0 Å². The van der Waals surface area contributed by atoms with Gasteiger partial charge in [-0.25, -0.2) is 0 Å². The third-order valence-corrected chi connectivity index (χ3v) is 1.75. The van der Waals surface area contributed by atoms with Crippen LogP contribution >= 0.6 is 23.6 Å². The van der Waals surface area contributed by atoms with Gasteiger partial charge in [-0.3, -0.25) is 24.2 Å². The second-order valence-electron chi connectivity index (χ2n) is 2.49. The zero-order chi connectivity index (χ0) is 11.0. The zero-order valence-electron chi connectivity index (χ0n) is 7.43. The van der Waals surface area contributed by atoms with Crippen LogP contribution in [0.3, 0.4) is 0 Å². The van der Waals surface area contributed by atoms with Gasteiger partial charge in [0.15, 0.2) is 0 Å². The van der Waals surface area contributed by atoms with E-state index in [-0.39, 0.29) is 13.1 Å². The summed E-state index contributed by atoms with van der Waals surface area (Å²) in [5.74, 6) is -0.785. The first-order valence-electron chi connectivity index (χ1n) is 3.76. The number of hydrogen-bond acceptors (Lipinski definition) is 3. The lowest BCUT2D eigenvalue weighted by atomic mass is 10.4. The summed E-state index contributed by atoms with van der Waals surface area (Å²) in [6, 6.07) is 0. The van der Waals surface area contributed by atoms with Crippen LogP contribution in [0.5, 0.6) is 0 Å². The van der Waals surface area contributed by atoms with Crippen molar-refractivity contribution in [2.45, 2.75) is 0 Å². The molecule has 14 heavy (non-hydrogen) atoms. The average Bonchev–Trinajstić information content (AvgIpc) is 2.17.